The molecule has 0 aromatic heterocycles. The van der Waals surface area contributed by atoms with Gasteiger partial charge in [0.2, 0.25) is 0 Å². The van der Waals surface area contributed by atoms with Gasteiger partial charge in [-0.2, -0.15) is 0 Å². The maximum absolute atomic E-state index is 8.78. The normalized spacial score (nSPS) is 16.0. The van der Waals surface area contributed by atoms with Gasteiger partial charge >= 0.3 is 0 Å². The molecule has 0 saturated heterocycles. The van der Waals surface area contributed by atoms with Crippen LogP contribution in [0, 0.1) is 0 Å². The first kappa shape index (κ1) is 11.8. The van der Waals surface area contributed by atoms with Crippen molar-refractivity contribution < 1.29 is 19.7 Å². The molecule has 74 valence electrons. The van der Waals surface area contributed by atoms with E-state index in [-0.39, 0.29) is 25.6 Å². The molecule has 0 saturated carbocycles. The van der Waals surface area contributed by atoms with E-state index in [9.17, 15) is 0 Å². The molecular weight excluding hydrogens is 160 g/mol. The fourth-order valence-corrected chi connectivity index (χ4v) is 0.891. The molecule has 4 heteroatoms. The summed E-state index contributed by atoms with van der Waals surface area (Å²) < 4.78 is 10.4. The summed E-state index contributed by atoms with van der Waals surface area (Å²) >= 11 is 0. The van der Waals surface area contributed by atoms with Gasteiger partial charge in [0.15, 0.2) is 6.29 Å². The number of hydrogen-bond acceptors (Lipinski definition) is 4. The van der Waals surface area contributed by atoms with Crippen LogP contribution in [0.3, 0.4) is 0 Å². The molecule has 2 N–H and O–H groups in total. The topological polar surface area (TPSA) is 58.9 Å². The maximum atomic E-state index is 8.78. The first-order valence-corrected chi connectivity index (χ1v) is 4.23. The highest BCUT2D eigenvalue weighted by Gasteiger charge is 2.11. The van der Waals surface area contributed by atoms with Gasteiger partial charge in [0.05, 0.1) is 12.7 Å². The van der Waals surface area contributed by atoms with Crippen molar-refractivity contribution in [3.05, 3.63) is 0 Å². The Balaban J connectivity index is 3.53. The minimum atomic E-state index is -0.323. The van der Waals surface area contributed by atoms with Crippen LogP contribution in [0.1, 0.15) is 20.3 Å². The third-order valence-corrected chi connectivity index (χ3v) is 1.44. The molecular formula is C8H18O4. The third kappa shape index (κ3) is 5.49. The zero-order valence-corrected chi connectivity index (χ0v) is 7.69. The lowest BCUT2D eigenvalue weighted by Crippen LogP contribution is -2.26. The lowest BCUT2D eigenvalue weighted by molar-refractivity contribution is -0.168. The largest absolute Gasteiger partial charge is 0.396 e. The van der Waals surface area contributed by atoms with Crippen LogP contribution < -0.4 is 0 Å². The Kier molecular flexibility index (Phi) is 7.39. The van der Waals surface area contributed by atoms with Crippen LogP contribution in [0.2, 0.25) is 0 Å². The molecule has 2 unspecified atom stereocenters. The summed E-state index contributed by atoms with van der Waals surface area (Å²) in [7, 11) is 0. The van der Waals surface area contributed by atoms with Crippen LogP contribution in [0.25, 0.3) is 0 Å². The zero-order valence-electron chi connectivity index (χ0n) is 7.69. The Hall–Kier alpha value is -0.160. The van der Waals surface area contributed by atoms with Crippen molar-refractivity contribution in [2.45, 2.75) is 32.7 Å². The highest BCUT2D eigenvalue weighted by molar-refractivity contribution is 4.54. The van der Waals surface area contributed by atoms with Crippen molar-refractivity contribution in [3.63, 3.8) is 0 Å². The molecule has 0 fully saturated rings. The summed E-state index contributed by atoms with van der Waals surface area (Å²) in [5.41, 5.74) is 0. The lowest BCUT2D eigenvalue weighted by atomic mass is 10.3. The number of aliphatic hydroxyl groups is 2. The molecule has 4 nitrogen and oxygen atoms in total. The van der Waals surface area contributed by atoms with Crippen LogP contribution in [0.15, 0.2) is 0 Å². The van der Waals surface area contributed by atoms with E-state index >= 15 is 0 Å². The monoisotopic (exact) mass is 178 g/mol. The molecule has 0 amide bonds. The molecule has 0 rings (SSSR count). The summed E-state index contributed by atoms with van der Waals surface area (Å²) in [4.78, 5) is 0. The average Bonchev–Trinajstić information content (AvgIpc) is 2.04. The van der Waals surface area contributed by atoms with Crippen LogP contribution in [0.4, 0.5) is 0 Å². The summed E-state index contributed by atoms with van der Waals surface area (Å²) in [6.45, 7) is 4.16. The van der Waals surface area contributed by atoms with Gasteiger partial charge < -0.3 is 19.7 Å². The third-order valence-electron chi connectivity index (χ3n) is 1.44. The molecule has 0 heterocycles. The van der Waals surface area contributed by atoms with Gasteiger partial charge in [0.1, 0.15) is 0 Å². The minimum absolute atomic E-state index is 0.0179. The average molecular weight is 178 g/mol. The summed E-state index contributed by atoms with van der Waals surface area (Å²) in [5.74, 6) is 0. The van der Waals surface area contributed by atoms with E-state index in [1.807, 2.05) is 6.92 Å². The second-order valence-electron chi connectivity index (χ2n) is 2.48. The Morgan fingerprint density at radius 2 is 2.00 bits per heavy atom. The second kappa shape index (κ2) is 7.49. The standard InChI is InChI=1S/C8H18O4/c1-3-11-7(2)12-8(6-10)4-5-9/h7-10H,3-6H2,1-2H3. The predicted molar refractivity (Wildman–Crippen MR) is 44.7 cm³/mol. The van der Waals surface area contributed by atoms with Crippen LogP contribution in [-0.4, -0.2) is 42.4 Å². The molecule has 0 bridgehead atoms. The molecule has 0 radical (unpaired) electrons. The first-order valence-electron chi connectivity index (χ1n) is 4.23. The van der Waals surface area contributed by atoms with Crippen LogP contribution in [-0.2, 0) is 9.47 Å². The van der Waals surface area contributed by atoms with E-state index in [2.05, 4.69) is 0 Å². The molecule has 12 heavy (non-hydrogen) atoms. The highest BCUT2D eigenvalue weighted by atomic mass is 16.7. The quantitative estimate of drug-likeness (QED) is 0.544. The Bertz CT molecular complexity index is 97.1. The maximum Gasteiger partial charge on any atom is 0.155 e. The smallest absolute Gasteiger partial charge is 0.155 e. The van der Waals surface area contributed by atoms with Crippen molar-refractivity contribution in [3.8, 4) is 0 Å². The number of ether oxygens (including phenoxy) is 2. The van der Waals surface area contributed by atoms with E-state index in [1.165, 1.54) is 0 Å². The number of aliphatic hydroxyl groups excluding tert-OH is 2. The van der Waals surface area contributed by atoms with Gasteiger partial charge in [-0.15, -0.1) is 0 Å². The summed E-state index contributed by atoms with van der Waals surface area (Å²) in [6, 6.07) is 0. The van der Waals surface area contributed by atoms with Gasteiger partial charge in [0, 0.05) is 13.2 Å². The first-order chi connectivity index (χ1) is 5.74. The molecule has 0 aromatic rings. The fraction of sp³-hybridized carbons (Fsp3) is 1.00. The van der Waals surface area contributed by atoms with E-state index in [0.29, 0.717) is 13.0 Å². The molecule has 0 aliphatic heterocycles. The number of rotatable bonds is 7. The van der Waals surface area contributed by atoms with Crippen LogP contribution in [0.5, 0.6) is 0 Å². The SMILES string of the molecule is CCOC(C)OC(CO)CCO. The fourth-order valence-electron chi connectivity index (χ4n) is 0.891. The van der Waals surface area contributed by atoms with Gasteiger partial charge in [-0.25, -0.2) is 0 Å². The van der Waals surface area contributed by atoms with Gasteiger partial charge in [-0.3, -0.25) is 0 Å². The second-order valence-corrected chi connectivity index (χ2v) is 2.48. The zero-order chi connectivity index (χ0) is 9.40. The highest BCUT2D eigenvalue weighted by Crippen LogP contribution is 2.02. The van der Waals surface area contributed by atoms with Crippen molar-refractivity contribution in [2.24, 2.45) is 0 Å². The van der Waals surface area contributed by atoms with E-state index in [1.54, 1.807) is 6.92 Å². The van der Waals surface area contributed by atoms with E-state index < -0.39 is 0 Å². The van der Waals surface area contributed by atoms with Gasteiger partial charge in [0.25, 0.3) is 0 Å². The van der Waals surface area contributed by atoms with Crippen molar-refractivity contribution in [1.29, 1.82) is 0 Å². The van der Waals surface area contributed by atoms with Crippen molar-refractivity contribution >= 4 is 0 Å². The molecule has 0 spiro atoms. The molecule has 2 atom stereocenters. The van der Waals surface area contributed by atoms with Crippen LogP contribution >= 0.6 is 0 Å². The Labute approximate surface area is 73.1 Å². The Morgan fingerprint density at radius 3 is 2.42 bits per heavy atom. The van der Waals surface area contributed by atoms with Gasteiger partial charge in [-0.05, 0) is 20.3 Å². The number of hydrogen-bond donors (Lipinski definition) is 2. The lowest BCUT2D eigenvalue weighted by Gasteiger charge is -2.19. The summed E-state index contributed by atoms with van der Waals surface area (Å²) in [6.07, 6.45) is -0.205. The molecule has 0 aliphatic carbocycles. The predicted octanol–water partition coefficient (Wildman–Crippen LogP) is 0.129. The molecule has 0 aliphatic rings. The Morgan fingerprint density at radius 1 is 1.33 bits per heavy atom. The summed E-state index contributed by atoms with van der Waals surface area (Å²) in [5, 5.41) is 17.4. The molecule has 0 aromatic carbocycles. The van der Waals surface area contributed by atoms with E-state index in [0.717, 1.165) is 0 Å². The van der Waals surface area contributed by atoms with Crippen molar-refractivity contribution in [2.75, 3.05) is 19.8 Å². The van der Waals surface area contributed by atoms with Crippen molar-refractivity contribution in [1.82, 2.24) is 0 Å². The van der Waals surface area contributed by atoms with E-state index in [4.69, 9.17) is 19.7 Å². The minimum Gasteiger partial charge on any atom is -0.396 e. The van der Waals surface area contributed by atoms with Gasteiger partial charge in [-0.1, -0.05) is 0 Å².